The molecule has 0 fully saturated rings. The molecule has 3 heteroatoms. The summed E-state index contributed by atoms with van der Waals surface area (Å²) < 4.78 is 0.818. The van der Waals surface area contributed by atoms with E-state index in [1.807, 2.05) is 43.5 Å². The lowest BCUT2D eigenvalue weighted by molar-refractivity contribution is 0.0125. The van der Waals surface area contributed by atoms with Gasteiger partial charge in [0.05, 0.1) is 4.20 Å². The maximum atomic E-state index is 10.9. The highest BCUT2D eigenvalue weighted by molar-refractivity contribution is 8.22. The highest BCUT2D eigenvalue weighted by Crippen LogP contribution is 2.36. The predicted molar refractivity (Wildman–Crippen MR) is 80.4 cm³/mol. The molecule has 17 heavy (non-hydrogen) atoms. The molecule has 0 bridgehead atoms. The molecule has 92 valence electrons. The molecule has 0 amide bonds. The molecule has 0 aliphatic heterocycles. The summed E-state index contributed by atoms with van der Waals surface area (Å²) in [6, 6.07) is 9.66. The number of hydrogen-bond acceptors (Lipinski definition) is 3. The maximum absolute atomic E-state index is 10.9. The first-order valence-electron chi connectivity index (χ1n) is 5.53. The van der Waals surface area contributed by atoms with Crippen LogP contribution in [0.2, 0.25) is 0 Å². The van der Waals surface area contributed by atoms with E-state index < -0.39 is 5.60 Å². The van der Waals surface area contributed by atoms with Crippen LogP contribution >= 0.6 is 24.0 Å². The molecule has 1 rings (SSSR count). The summed E-state index contributed by atoms with van der Waals surface area (Å²) in [6.45, 7) is 5.70. The predicted octanol–water partition coefficient (Wildman–Crippen LogP) is 3.78. The summed E-state index contributed by atoms with van der Waals surface area (Å²) in [5, 5.41) is 10.9. The first kappa shape index (κ1) is 14.4. The minimum Gasteiger partial charge on any atom is -0.384 e. The minimum absolute atomic E-state index is 0.0899. The number of rotatable bonds is 5. The van der Waals surface area contributed by atoms with Crippen LogP contribution in [0.5, 0.6) is 0 Å². The summed E-state index contributed by atoms with van der Waals surface area (Å²) in [4.78, 5) is 0. The van der Waals surface area contributed by atoms with E-state index >= 15 is 0 Å². The summed E-state index contributed by atoms with van der Waals surface area (Å²) >= 11 is 6.83. The second-order valence-corrected chi connectivity index (χ2v) is 5.57. The molecule has 1 N–H and O–H groups in total. The van der Waals surface area contributed by atoms with E-state index in [2.05, 4.69) is 6.58 Å². The van der Waals surface area contributed by atoms with Crippen molar-refractivity contribution in [2.75, 3.05) is 6.26 Å². The van der Waals surface area contributed by atoms with Gasteiger partial charge in [-0.1, -0.05) is 55.5 Å². The SMILES string of the molecule is C=CCC(O)(c1ccccc1)C(C)C(=S)SC. The second kappa shape index (κ2) is 6.34. The molecule has 1 nitrogen and oxygen atoms in total. The third kappa shape index (κ3) is 3.18. The summed E-state index contributed by atoms with van der Waals surface area (Å²) in [5.41, 5.74) is -0.0628. The minimum atomic E-state index is -0.955. The fraction of sp³-hybridized carbons (Fsp3) is 0.357. The zero-order chi connectivity index (χ0) is 12.9. The van der Waals surface area contributed by atoms with Gasteiger partial charge < -0.3 is 5.11 Å². The first-order valence-corrected chi connectivity index (χ1v) is 7.16. The van der Waals surface area contributed by atoms with Crippen LogP contribution in [0.1, 0.15) is 18.9 Å². The normalized spacial score (nSPS) is 15.9. The van der Waals surface area contributed by atoms with Gasteiger partial charge in [-0.2, -0.15) is 0 Å². The summed E-state index contributed by atoms with van der Waals surface area (Å²) in [7, 11) is 0. The quantitative estimate of drug-likeness (QED) is 0.647. The molecule has 0 saturated carbocycles. The summed E-state index contributed by atoms with van der Waals surface area (Å²) in [5.74, 6) is -0.0899. The van der Waals surface area contributed by atoms with E-state index in [9.17, 15) is 5.11 Å². The molecule has 0 saturated heterocycles. The van der Waals surface area contributed by atoms with Crippen molar-refractivity contribution < 1.29 is 5.11 Å². The Morgan fingerprint density at radius 3 is 2.59 bits per heavy atom. The van der Waals surface area contributed by atoms with E-state index in [0.717, 1.165) is 9.76 Å². The Labute approximate surface area is 113 Å². The monoisotopic (exact) mass is 266 g/mol. The summed E-state index contributed by atoms with van der Waals surface area (Å²) in [6.07, 6.45) is 4.18. The van der Waals surface area contributed by atoms with Crippen molar-refractivity contribution in [1.82, 2.24) is 0 Å². The Bertz CT molecular complexity index is 388. The van der Waals surface area contributed by atoms with Gasteiger partial charge in [-0.25, -0.2) is 0 Å². The van der Waals surface area contributed by atoms with E-state index in [1.165, 1.54) is 11.8 Å². The van der Waals surface area contributed by atoms with Gasteiger partial charge in [0.15, 0.2) is 0 Å². The van der Waals surface area contributed by atoms with Crippen molar-refractivity contribution >= 4 is 28.2 Å². The van der Waals surface area contributed by atoms with Crippen LogP contribution in [0, 0.1) is 5.92 Å². The maximum Gasteiger partial charge on any atom is 0.101 e. The largest absolute Gasteiger partial charge is 0.384 e. The Balaban J connectivity index is 3.13. The average Bonchev–Trinajstić information content (AvgIpc) is 2.38. The van der Waals surface area contributed by atoms with Crippen molar-refractivity contribution in [3.05, 3.63) is 48.6 Å². The van der Waals surface area contributed by atoms with Crippen molar-refractivity contribution in [3.8, 4) is 0 Å². The number of aliphatic hydroxyl groups is 1. The van der Waals surface area contributed by atoms with Gasteiger partial charge in [-0.15, -0.1) is 18.3 Å². The van der Waals surface area contributed by atoms with Crippen LogP contribution in [-0.2, 0) is 5.60 Å². The second-order valence-electron chi connectivity index (χ2n) is 4.03. The highest BCUT2D eigenvalue weighted by Gasteiger charge is 2.36. The lowest BCUT2D eigenvalue weighted by Crippen LogP contribution is -2.36. The van der Waals surface area contributed by atoms with Crippen LogP contribution in [0.25, 0.3) is 0 Å². The fourth-order valence-corrected chi connectivity index (χ4v) is 2.61. The number of benzene rings is 1. The van der Waals surface area contributed by atoms with E-state index in [0.29, 0.717) is 6.42 Å². The molecule has 1 aromatic carbocycles. The van der Waals surface area contributed by atoms with Gasteiger partial charge in [0.2, 0.25) is 0 Å². The zero-order valence-electron chi connectivity index (χ0n) is 10.2. The Hall–Kier alpha value is -0.640. The lowest BCUT2D eigenvalue weighted by atomic mass is 9.80. The molecular formula is C14H18OS2. The topological polar surface area (TPSA) is 20.2 Å². The van der Waals surface area contributed by atoms with Crippen molar-refractivity contribution in [3.63, 3.8) is 0 Å². The third-order valence-electron chi connectivity index (χ3n) is 3.00. The zero-order valence-corrected chi connectivity index (χ0v) is 11.9. The molecule has 0 aromatic heterocycles. The average molecular weight is 266 g/mol. The smallest absolute Gasteiger partial charge is 0.101 e. The molecule has 0 spiro atoms. The lowest BCUT2D eigenvalue weighted by Gasteiger charge is -2.34. The number of thioether (sulfide) groups is 1. The highest BCUT2D eigenvalue weighted by atomic mass is 32.2. The van der Waals surface area contributed by atoms with E-state index in [-0.39, 0.29) is 5.92 Å². The van der Waals surface area contributed by atoms with Gasteiger partial charge in [0, 0.05) is 5.92 Å². The number of hydrogen-bond donors (Lipinski definition) is 1. The van der Waals surface area contributed by atoms with Gasteiger partial charge >= 0.3 is 0 Å². The molecule has 0 heterocycles. The van der Waals surface area contributed by atoms with E-state index in [1.54, 1.807) is 6.08 Å². The standard InChI is InChI=1S/C14H18OS2/c1-4-10-14(15,11(2)13(16)17-3)12-8-6-5-7-9-12/h4-9,11,15H,1,10H2,2-3H3. The van der Waals surface area contributed by atoms with Gasteiger partial charge in [-0.05, 0) is 18.2 Å². The van der Waals surface area contributed by atoms with Crippen molar-refractivity contribution in [1.29, 1.82) is 0 Å². The van der Waals surface area contributed by atoms with Gasteiger partial charge in [0.25, 0.3) is 0 Å². The molecule has 1 aromatic rings. The van der Waals surface area contributed by atoms with Crippen LogP contribution < -0.4 is 0 Å². The van der Waals surface area contributed by atoms with E-state index in [4.69, 9.17) is 12.2 Å². The first-order chi connectivity index (χ1) is 8.06. The fourth-order valence-electron chi connectivity index (χ4n) is 1.86. The number of thiocarbonyl (C=S) groups is 1. The molecule has 0 radical (unpaired) electrons. The van der Waals surface area contributed by atoms with Crippen molar-refractivity contribution in [2.24, 2.45) is 5.92 Å². The van der Waals surface area contributed by atoms with Crippen LogP contribution in [0.15, 0.2) is 43.0 Å². The molecule has 2 atom stereocenters. The van der Waals surface area contributed by atoms with Gasteiger partial charge in [0.1, 0.15) is 5.60 Å². The third-order valence-corrected chi connectivity index (χ3v) is 4.61. The van der Waals surface area contributed by atoms with Crippen LogP contribution in [-0.4, -0.2) is 15.6 Å². The van der Waals surface area contributed by atoms with Gasteiger partial charge in [-0.3, -0.25) is 0 Å². The van der Waals surface area contributed by atoms with Crippen LogP contribution in [0.3, 0.4) is 0 Å². The molecule has 2 unspecified atom stereocenters. The Morgan fingerprint density at radius 1 is 1.53 bits per heavy atom. The van der Waals surface area contributed by atoms with Crippen LogP contribution in [0.4, 0.5) is 0 Å². The molecule has 0 aliphatic carbocycles. The Kier molecular flexibility index (Phi) is 5.37. The molecule has 0 aliphatic rings. The van der Waals surface area contributed by atoms with Crippen molar-refractivity contribution in [2.45, 2.75) is 18.9 Å². The molecular weight excluding hydrogens is 248 g/mol. The Morgan fingerprint density at radius 2 is 2.12 bits per heavy atom.